The van der Waals surface area contributed by atoms with E-state index < -0.39 is 43.1 Å². The lowest BCUT2D eigenvalue weighted by atomic mass is 9.59. The van der Waals surface area contributed by atoms with E-state index >= 15 is 0 Å². The third kappa shape index (κ3) is 8.41. The van der Waals surface area contributed by atoms with Gasteiger partial charge in [0.25, 0.3) is 21.6 Å². The molecule has 12 rings (SSSR count). The van der Waals surface area contributed by atoms with E-state index in [0.717, 1.165) is 49.6 Å². The molecule has 5 aromatic rings. The molecule has 1 spiro atoms. The van der Waals surface area contributed by atoms with E-state index in [2.05, 4.69) is 62.9 Å². The number of carbonyl (C=O) groups is 1. The molecule has 5 fully saturated rings. The summed E-state index contributed by atoms with van der Waals surface area (Å²) in [6, 6.07) is 21.0. The highest BCUT2D eigenvalue weighted by Crippen LogP contribution is 2.55. The normalized spacial score (nSPS) is 27.1. The quantitative estimate of drug-likeness (QED) is 0.0764. The van der Waals surface area contributed by atoms with Gasteiger partial charge in [-0.1, -0.05) is 38.1 Å². The zero-order valence-electron chi connectivity index (χ0n) is 41.1. The number of nitrogens with one attached hydrogen (secondary N) is 3. The predicted octanol–water partition coefficient (Wildman–Crippen LogP) is 8.71. The molecule has 4 N–H and O–H groups in total. The maximum atomic E-state index is 14.8. The smallest absolute Gasteiger partial charge is 0.297 e. The number of aliphatic hydroxyl groups is 1. The number of hydrogen-bond acceptors (Lipinski definition) is 14. The summed E-state index contributed by atoms with van der Waals surface area (Å²) in [6.07, 6.45) is 10.9. The molecule has 2 aromatic heterocycles. The van der Waals surface area contributed by atoms with Gasteiger partial charge in [0.1, 0.15) is 24.0 Å². The van der Waals surface area contributed by atoms with Crippen LogP contribution in [0, 0.1) is 21.4 Å². The molecule has 7 heterocycles. The minimum absolute atomic E-state index is 0.00952. The van der Waals surface area contributed by atoms with Gasteiger partial charge >= 0.3 is 0 Å². The van der Waals surface area contributed by atoms with Gasteiger partial charge in [0, 0.05) is 54.6 Å². The lowest BCUT2D eigenvalue weighted by Gasteiger charge is -2.56. The van der Waals surface area contributed by atoms with Crippen molar-refractivity contribution >= 4 is 55.4 Å². The van der Waals surface area contributed by atoms with Crippen molar-refractivity contribution in [1.29, 1.82) is 0 Å². The van der Waals surface area contributed by atoms with E-state index in [1.54, 1.807) is 12.3 Å². The van der Waals surface area contributed by atoms with Crippen LogP contribution in [0.3, 0.4) is 0 Å². The first-order valence-electron chi connectivity index (χ1n) is 25.9. The van der Waals surface area contributed by atoms with E-state index in [1.807, 2.05) is 36.1 Å². The number of sulfonamides is 1. The monoisotopic (exact) mass is 1000 g/mol. The van der Waals surface area contributed by atoms with Crippen molar-refractivity contribution in [3.8, 4) is 11.6 Å². The highest BCUT2D eigenvalue weighted by Gasteiger charge is 2.51. The first-order chi connectivity index (χ1) is 34.6. The van der Waals surface area contributed by atoms with Crippen molar-refractivity contribution in [3.05, 3.63) is 99.7 Å². The number of nitro benzene ring substituents is 1. The summed E-state index contributed by atoms with van der Waals surface area (Å²) in [6.45, 7) is 9.97. The number of anilines is 4. The Kier molecular flexibility index (Phi) is 11.7. The van der Waals surface area contributed by atoms with Crippen LogP contribution in [-0.2, 0) is 14.8 Å². The van der Waals surface area contributed by atoms with Crippen molar-refractivity contribution in [2.24, 2.45) is 11.3 Å². The molecule has 18 heteroatoms. The van der Waals surface area contributed by atoms with Gasteiger partial charge in [-0.15, -0.1) is 0 Å². The number of piperidine rings is 1. The van der Waals surface area contributed by atoms with E-state index in [4.69, 9.17) is 19.2 Å². The molecule has 5 aliphatic heterocycles. The first kappa shape index (κ1) is 47.1. The third-order valence-electron chi connectivity index (χ3n) is 17.3. The molecular weight excluding hydrogens is 937 g/mol. The number of nitrogens with zero attached hydrogens (tertiary/aromatic N) is 5. The number of rotatable bonds is 10. The number of fused-ring (bicyclic) bond motifs is 4. The van der Waals surface area contributed by atoms with Crippen LogP contribution in [-0.4, -0.2) is 109 Å². The van der Waals surface area contributed by atoms with Gasteiger partial charge in [-0.05, 0) is 136 Å². The fourth-order valence-electron chi connectivity index (χ4n) is 13.2. The van der Waals surface area contributed by atoms with Crippen LogP contribution in [0.1, 0.15) is 118 Å². The summed E-state index contributed by atoms with van der Waals surface area (Å²) >= 11 is 0. The summed E-state index contributed by atoms with van der Waals surface area (Å²) in [5.41, 5.74) is 4.80. The SMILES string of the molecule is CC(C)c1ccccc1[C@@H]1CCCN1C1CC2(CCN(c3ccc(C(=O)NS(=O)(=O)c4cc5c(c([N+](=O)[O-])c4)N[C@H](C4CCC(C)(O)CC4)CO5)c(N4c5cc6cc[nH]c6nc5O[C@H]5COC[C@@H]54)c3)CC2)C1. The van der Waals surface area contributed by atoms with Crippen molar-refractivity contribution in [1.82, 2.24) is 19.6 Å². The highest BCUT2D eigenvalue weighted by molar-refractivity contribution is 7.90. The molecule has 17 nitrogen and oxygen atoms in total. The van der Waals surface area contributed by atoms with E-state index in [0.29, 0.717) is 79.8 Å². The summed E-state index contributed by atoms with van der Waals surface area (Å²) in [5, 5.41) is 27.2. The molecule has 2 saturated carbocycles. The molecule has 7 aliphatic rings. The Morgan fingerprint density at radius 2 is 1.75 bits per heavy atom. The zero-order chi connectivity index (χ0) is 49.7. The number of likely N-dealkylation sites (tertiary alicyclic amines) is 1. The van der Waals surface area contributed by atoms with Gasteiger partial charge < -0.3 is 39.4 Å². The molecule has 0 unspecified atom stereocenters. The van der Waals surface area contributed by atoms with Gasteiger partial charge in [0.2, 0.25) is 5.88 Å². The van der Waals surface area contributed by atoms with Crippen molar-refractivity contribution < 1.29 is 37.5 Å². The number of aromatic nitrogens is 2. The Labute approximate surface area is 419 Å². The van der Waals surface area contributed by atoms with Crippen LogP contribution in [0.15, 0.2) is 77.8 Å². The highest BCUT2D eigenvalue weighted by atomic mass is 32.2. The van der Waals surface area contributed by atoms with Crippen LogP contribution >= 0.6 is 0 Å². The van der Waals surface area contributed by atoms with Crippen molar-refractivity contribution in [2.45, 2.75) is 132 Å². The number of H-pyrrole nitrogens is 1. The van der Waals surface area contributed by atoms with E-state index in [9.17, 15) is 28.4 Å². The Hall–Kier alpha value is -5.95. The Morgan fingerprint density at radius 3 is 2.53 bits per heavy atom. The van der Waals surface area contributed by atoms with Crippen LogP contribution in [0.25, 0.3) is 11.0 Å². The molecule has 3 aromatic carbocycles. The number of hydrogen-bond donors (Lipinski definition) is 4. The van der Waals surface area contributed by atoms with Crippen molar-refractivity contribution in [3.63, 3.8) is 0 Å². The van der Waals surface area contributed by atoms with Crippen LogP contribution < -0.4 is 29.3 Å². The topological polar surface area (TPSA) is 205 Å². The molecule has 0 bridgehead atoms. The van der Waals surface area contributed by atoms with Gasteiger partial charge in [-0.3, -0.25) is 19.8 Å². The standard InChI is InChI=1S/C54H64N8O9S/c1-32(2)38-7-4-5-8-39(38)42-9-6-20-60(42)36-27-54(28-36)17-21-59(22-18-54)35-10-11-40(43(24-35)61-45-23-34-14-19-55-50(34)57-52(45)71-48-31-69-30-46(48)61)51(63)58-72(67,68)37-25-44(62(65)66)49-47(26-37)70-29-41(56-49)33-12-15-53(3,64)16-13-33/h4-5,7-8,10-11,14,19,23-26,32-33,36,41-42,46,48,56,64H,6,9,12-13,15-18,20-22,27-31H2,1-3H3,(H,55,57)(H,58,63)/t33?,41-,42-,46-,48-,53?/m0/s1. The molecule has 1 amide bonds. The largest absolute Gasteiger partial charge is 0.489 e. The molecule has 0 radical (unpaired) electrons. The summed E-state index contributed by atoms with van der Waals surface area (Å²) in [5.74, 6) is 0.0517. The van der Waals surface area contributed by atoms with Gasteiger partial charge in [0.15, 0.2) is 11.4 Å². The number of pyridine rings is 1. The van der Waals surface area contributed by atoms with E-state index in [1.165, 1.54) is 42.9 Å². The molecule has 72 heavy (non-hydrogen) atoms. The lowest BCUT2D eigenvalue weighted by Crippen LogP contribution is -2.55. The lowest BCUT2D eigenvalue weighted by molar-refractivity contribution is -0.384. The third-order valence-corrected chi connectivity index (χ3v) is 18.6. The van der Waals surface area contributed by atoms with Gasteiger partial charge in [-0.2, -0.15) is 4.98 Å². The number of ether oxygens (including phenoxy) is 3. The average molecular weight is 1000 g/mol. The maximum Gasteiger partial charge on any atom is 0.297 e. The maximum absolute atomic E-state index is 14.8. The molecule has 2 aliphatic carbocycles. The van der Waals surface area contributed by atoms with Crippen molar-refractivity contribution in [2.75, 3.05) is 54.6 Å². The number of aromatic amines is 1. The average Bonchev–Trinajstić information content (AvgIpc) is 4.15. The minimum Gasteiger partial charge on any atom is -0.489 e. The minimum atomic E-state index is -4.71. The second-order valence-corrected chi connectivity index (χ2v) is 23.9. The Bertz CT molecular complexity index is 3040. The number of amides is 1. The zero-order valence-corrected chi connectivity index (χ0v) is 42.0. The first-order valence-corrected chi connectivity index (χ1v) is 27.4. The predicted molar refractivity (Wildman–Crippen MR) is 273 cm³/mol. The number of nitro groups is 1. The van der Waals surface area contributed by atoms with Crippen LogP contribution in [0.2, 0.25) is 0 Å². The Morgan fingerprint density at radius 1 is 0.958 bits per heavy atom. The van der Waals surface area contributed by atoms with Crippen LogP contribution in [0.4, 0.5) is 28.4 Å². The second-order valence-electron chi connectivity index (χ2n) is 22.2. The summed E-state index contributed by atoms with van der Waals surface area (Å²) in [7, 11) is -4.71. The van der Waals surface area contributed by atoms with Crippen LogP contribution in [0.5, 0.6) is 11.6 Å². The molecule has 380 valence electrons. The molecule has 4 atom stereocenters. The fourth-order valence-corrected chi connectivity index (χ4v) is 14.2. The van der Waals surface area contributed by atoms with Gasteiger partial charge in [0.05, 0.1) is 52.0 Å². The number of carbonyl (C=O) groups excluding carboxylic acids is 1. The fraction of sp³-hybridized carbons (Fsp3) is 0.519. The summed E-state index contributed by atoms with van der Waals surface area (Å²) in [4.78, 5) is 41.4. The molecular formula is C54H64N8O9S. The van der Waals surface area contributed by atoms with Gasteiger partial charge in [-0.25, -0.2) is 13.1 Å². The second kappa shape index (κ2) is 17.9. The number of benzene rings is 3. The van der Waals surface area contributed by atoms with E-state index in [-0.39, 0.29) is 47.0 Å². The molecule has 3 saturated heterocycles. The summed E-state index contributed by atoms with van der Waals surface area (Å²) < 4.78 is 49.5. The Balaban J connectivity index is 0.824.